The van der Waals surface area contributed by atoms with Crippen molar-refractivity contribution < 1.29 is 27.8 Å². The molecule has 1 amide bonds. The van der Waals surface area contributed by atoms with Crippen LogP contribution in [-0.2, 0) is 19.1 Å². The van der Waals surface area contributed by atoms with Crippen LogP contribution in [0.2, 0.25) is 0 Å². The Morgan fingerprint density at radius 1 is 1.17 bits per heavy atom. The van der Waals surface area contributed by atoms with Gasteiger partial charge in [0.05, 0.1) is 20.1 Å². The summed E-state index contributed by atoms with van der Waals surface area (Å²) < 4.78 is 36.4. The van der Waals surface area contributed by atoms with Crippen LogP contribution in [0, 0.1) is 11.6 Å². The lowest BCUT2D eigenvalue weighted by molar-refractivity contribution is -0.141. The van der Waals surface area contributed by atoms with Crippen molar-refractivity contribution in [1.82, 2.24) is 4.90 Å². The average molecular weight is 327 g/mol. The first-order valence-corrected chi connectivity index (χ1v) is 6.96. The molecule has 23 heavy (non-hydrogen) atoms. The molecule has 0 radical (unpaired) electrons. The molecule has 0 fully saturated rings. The molecule has 0 aliphatic carbocycles. The number of carbonyl (C=O) groups excluding carboxylic acids is 2. The van der Waals surface area contributed by atoms with Gasteiger partial charge in [-0.05, 0) is 18.2 Å². The first-order valence-electron chi connectivity index (χ1n) is 6.96. The van der Waals surface area contributed by atoms with Crippen LogP contribution < -0.4 is 0 Å². The van der Waals surface area contributed by atoms with Gasteiger partial charge in [0.1, 0.15) is 11.6 Å². The molecule has 0 saturated carbocycles. The topological polar surface area (TPSA) is 55.8 Å². The zero-order valence-corrected chi connectivity index (χ0v) is 13.1. The number of benzene rings is 1. The fraction of sp³-hybridized carbons (Fsp3) is 0.375. The summed E-state index contributed by atoms with van der Waals surface area (Å²) in [6, 6.07) is 3.45. The number of amides is 1. The lowest BCUT2D eigenvalue weighted by Crippen LogP contribution is -2.34. The molecular weight excluding hydrogens is 308 g/mol. The standard InChI is InChI=1S/C16H19F2NO4/c1-22-11-10-19(9-8-16(21)23-2)15(20)7-6-12-13(17)4-3-5-14(12)18/h3-7H,8-11H2,1-2H3/b7-6+. The minimum Gasteiger partial charge on any atom is -0.469 e. The van der Waals surface area contributed by atoms with E-state index in [1.807, 2.05) is 0 Å². The molecule has 7 heteroatoms. The number of halogens is 2. The van der Waals surface area contributed by atoms with Gasteiger partial charge in [-0.25, -0.2) is 8.78 Å². The minimum absolute atomic E-state index is 0.0217. The Kier molecular flexibility index (Phi) is 7.90. The van der Waals surface area contributed by atoms with Crippen LogP contribution in [0.15, 0.2) is 24.3 Å². The van der Waals surface area contributed by atoms with Crippen molar-refractivity contribution in [3.63, 3.8) is 0 Å². The smallest absolute Gasteiger partial charge is 0.307 e. The highest BCUT2D eigenvalue weighted by Gasteiger charge is 2.13. The molecule has 0 heterocycles. The molecule has 0 aliphatic heterocycles. The van der Waals surface area contributed by atoms with Gasteiger partial charge in [-0.2, -0.15) is 0 Å². The molecule has 0 bridgehead atoms. The van der Waals surface area contributed by atoms with Crippen LogP contribution in [0.1, 0.15) is 12.0 Å². The highest BCUT2D eigenvalue weighted by molar-refractivity contribution is 5.92. The van der Waals surface area contributed by atoms with E-state index in [1.165, 1.54) is 25.2 Å². The van der Waals surface area contributed by atoms with Crippen LogP contribution in [0.4, 0.5) is 8.78 Å². The van der Waals surface area contributed by atoms with E-state index in [0.29, 0.717) is 0 Å². The maximum atomic E-state index is 13.5. The van der Waals surface area contributed by atoms with Crippen LogP contribution in [0.3, 0.4) is 0 Å². The molecule has 126 valence electrons. The zero-order chi connectivity index (χ0) is 17.2. The monoisotopic (exact) mass is 327 g/mol. The number of hydrogen-bond donors (Lipinski definition) is 0. The van der Waals surface area contributed by atoms with Gasteiger partial charge in [-0.15, -0.1) is 0 Å². The van der Waals surface area contributed by atoms with Gasteiger partial charge >= 0.3 is 5.97 Å². The van der Waals surface area contributed by atoms with Crippen molar-refractivity contribution in [2.24, 2.45) is 0 Å². The Labute approximate surface area is 133 Å². The van der Waals surface area contributed by atoms with Crippen molar-refractivity contribution in [1.29, 1.82) is 0 Å². The van der Waals surface area contributed by atoms with Crippen LogP contribution >= 0.6 is 0 Å². The van der Waals surface area contributed by atoms with E-state index in [2.05, 4.69) is 4.74 Å². The largest absolute Gasteiger partial charge is 0.469 e. The molecule has 0 spiro atoms. The quantitative estimate of drug-likeness (QED) is 0.541. The Balaban J connectivity index is 2.79. The summed E-state index contributed by atoms with van der Waals surface area (Å²) in [6.45, 7) is 0.643. The second-order valence-electron chi connectivity index (χ2n) is 4.61. The summed E-state index contributed by atoms with van der Waals surface area (Å²) in [5.74, 6) is -2.45. The molecule has 1 rings (SSSR count). The summed E-state index contributed by atoms with van der Waals surface area (Å²) >= 11 is 0. The van der Waals surface area contributed by atoms with Crippen LogP contribution in [-0.4, -0.2) is 50.7 Å². The van der Waals surface area contributed by atoms with Gasteiger partial charge in [0, 0.05) is 31.8 Å². The van der Waals surface area contributed by atoms with Crippen molar-refractivity contribution in [3.8, 4) is 0 Å². The Hall–Kier alpha value is -2.28. The van der Waals surface area contributed by atoms with Gasteiger partial charge in [-0.3, -0.25) is 9.59 Å². The first-order chi connectivity index (χ1) is 11.0. The van der Waals surface area contributed by atoms with Gasteiger partial charge in [-0.1, -0.05) is 6.07 Å². The first kappa shape index (κ1) is 18.8. The van der Waals surface area contributed by atoms with Gasteiger partial charge in [0.2, 0.25) is 5.91 Å². The third-order valence-electron chi connectivity index (χ3n) is 3.08. The Bertz CT molecular complexity index is 555. The number of methoxy groups -OCH3 is 2. The third-order valence-corrected chi connectivity index (χ3v) is 3.08. The van der Waals surface area contributed by atoms with Crippen LogP contribution in [0.5, 0.6) is 0 Å². The fourth-order valence-electron chi connectivity index (χ4n) is 1.79. The third kappa shape index (κ3) is 6.15. The maximum absolute atomic E-state index is 13.5. The number of esters is 1. The second-order valence-corrected chi connectivity index (χ2v) is 4.61. The SMILES string of the molecule is COCCN(CCC(=O)OC)C(=O)/C=C/c1c(F)cccc1F. The summed E-state index contributed by atoms with van der Waals surface area (Å²) in [4.78, 5) is 24.6. The number of carbonyl (C=O) groups is 2. The summed E-state index contributed by atoms with van der Waals surface area (Å²) in [5.41, 5.74) is -0.291. The average Bonchev–Trinajstić information content (AvgIpc) is 2.53. The van der Waals surface area contributed by atoms with Crippen molar-refractivity contribution in [2.45, 2.75) is 6.42 Å². The van der Waals surface area contributed by atoms with E-state index in [-0.39, 0.29) is 31.7 Å². The van der Waals surface area contributed by atoms with Gasteiger partial charge in [0.25, 0.3) is 0 Å². The number of ether oxygens (including phenoxy) is 2. The Morgan fingerprint density at radius 2 is 1.83 bits per heavy atom. The van der Waals surface area contributed by atoms with E-state index >= 15 is 0 Å². The number of hydrogen-bond acceptors (Lipinski definition) is 4. The molecular formula is C16H19F2NO4. The molecule has 5 nitrogen and oxygen atoms in total. The van der Waals surface area contributed by atoms with E-state index in [1.54, 1.807) is 0 Å². The molecule has 0 atom stereocenters. The Morgan fingerprint density at radius 3 is 2.39 bits per heavy atom. The number of rotatable bonds is 8. The van der Waals surface area contributed by atoms with Crippen LogP contribution in [0.25, 0.3) is 6.08 Å². The second kappa shape index (κ2) is 9.68. The molecule has 1 aromatic carbocycles. The highest BCUT2D eigenvalue weighted by atomic mass is 19.1. The van der Waals surface area contributed by atoms with Crippen molar-refractivity contribution in [2.75, 3.05) is 33.9 Å². The lowest BCUT2D eigenvalue weighted by Gasteiger charge is -2.20. The van der Waals surface area contributed by atoms with E-state index in [0.717, 1.165) is 24.3 Å². The highest BCUT2D eigenvalue weighted by Crippen LogP contribution is 2.14. The van der Waals surface area contributed by atoms with Gasteiger partial charge in [0.15, 0.2) is 0 Å². The molecule has 0 aliphatic rings. The van der Waals surface area contributed by atoms with E-state index < -0.39 is 23.5 Å². The predicted octanol–water partition coefficient (Wildman–Crippen LogP) is 2.02. The molecule has 0 aromatic heterocycles. The summed E-state index contributed by atoms with van der Waals surface area (Å²) in [5, 5.41) is 0. The maximum Gasteiger partial charge on any atom is 0.307 e. The van der Waals surface area contributed by atoms with E-state index in [4.69, 9.17) is 4.74 Å². The van der Waals surface area contributed by atoms with Gasteiger partial charge < -0.3 is 14.4 Å². The predicted molar refractivity (Wildman–Crippen MR) is 80.5 cm³/mol. The molecule has 1 aromatic rings. The molecule has 0 unspecified atom stereocenters. The lowest BCUT2D eigenvalue weighted by atomic mass is 10.2. The minimum atomic E-state index is -0.757. The summed E-state index contributed by atoms with van der Waals surface area (Å²) in [6.07, 6.45) is 2.16. The van der Waals surface area contributed by atoms with Crippen molar-refractivity contribution >= 4 is 18.0 Å². The molecule has 0 N–H and O–H groups in total. The fourth-order valence-corrected chi connectivity index (χ4v) is 1.79. The van der Waals surface area contributed by atoms with Crippen molar-refractivity contribution in [3.05, 3.63) is 41.5 Å². The normalized spacial score (nSPS) is 10.8. The molecule has 0 saturated heterocycles. The summed E-state index contributed by atoms with van der Waals surface area (Å²) in [7, 11) is 2.73. The number of nitrogens with zero attached hydrogens (tertiary/aromatic N) is 1. The zero-order valence-electron chi connectivity index (χ0n) is 13.1. The van der Waals surface area contributed by atoms with E-state index in [9.17, 15) is 18.4 Å².